The highest BCUT2D eigenvalue weighted by Crippen LogP contribution is 2.34. The van der Waals surface area contributed by atoms with Crippen molar-refractivity contribution in [2.24, 2.45) is 0 Å². The van der Waals surface area contributed by atoms with E-state index in [2.05, 4.69) is 63.0 Å². The molecule has 6 heteroatoms. The van der Waals surface area contributed by atoms with Gasteiger partial charge in [-0.05, 0) is 66.5 Å². The lowest BCUT2D eigenvalue weighted by Crippen LogP contribution is -2.47. The molecule has 1 aliphatic heterocycles. The van der Waals surface area contributed by atoms with Gasteiger partial charge in [-0.25, -0.2) is 0 Å². The molecule has 1 saturated heterocycles. The Balaban J connectivity index is 1.66. The molecule has 1 unspecified atom stereocenters. The highest BCUT2D eigenvalue weighted by atomic mass is 79.9. The number of halogens is 1. The van der Waals surface area contributed by atoms with Crippen molar-refractivity contribution in [1.29, 1.82) is 0 Å². The molecule has 0 spiro atoms. The van der Waals surface area contributed by atoms with Gasteiger partial charge in [-0.3, -0.25) is 4.90 Å². The van der Waals surface area contributed by atoms with Crippen molar-refractivity contribution in [3.63, 3.8) is 0 Å². The van der Waals surface area contributed by atoms with Gasteiger partial charge in [0.2, 0.25) is 0 Å². The van der Waals surface area contributed by atoms with Crippen molar-refractivity contribution in [2.75, 3.05) is 51.4 Å². The van der Waals surface area contributed by atoms with Gasteiger partial charge in [0.05, 0.1) is 24.8 Å². The number of piperazine rings is 1. The zero-order chi connectivity index (χ0) is 20.8. The summed E-state index contributed by atoms with van der Waals surface area (Å²) < 4.78 is 17.9. The van der Waals surface area contributed by atoms with E-state index in [0.717, 1.165) is 47.9 Å². The number of hydrogen-bond donors (Lipinski definition) is 0. The van der Waals surface area contributed by atoms with E-state index in [1.165, 1.54) is 11.3 Å². The zero-order valence-electron chi connectivity index (χ0n) is 17.8. The molecule has 0 amide bonds. The molecule has 0 radical (unpaired) electrons. The lowest BCUT2D eigenvalue weighted by molar-refractivity contribution is 0.198. The van der Waals surface area contributed by atoms with Crippen molar-refractivity contribution < 1.29 is 14.2 Å². The Hall–Kier alpha value is -1.92. The molecule has 0 N–H and O–H groups in total. The normalized spacial score (nSPS) is 15.8. The average Bonchev–Trinajstić information content (AvgIpc) is 2.75. The minimum atomic E-state index is 0.325. The van der Waals surface area contributed by atoms with Gasteiger partial charge in [0.1, 0.15) is 5.75 Å². The second-order valence-electron chi connectivity index (χ2n) is 7.09. The molecule has 2 aromatic carbocycles. The zero-order valence-corrected chi connectivity index (χ0v) is 19.4. The Morgan fingerprint density at radius 2 is 1.59 bits per heavy atom. The van der Waals surface area contributed by atoms with Crippen molar-refractivity contribution in [3.05, 3.63) is 46.4 Å². The van der Waals surface area contributed by atoms with Crippen LogP contribution in [0.15, 0.2) is 40.9 Å². The van der Waals surface area contributed by atoms with Crippen LogP contribution in [0.3, 0.4) is 0 Å². The molecule has 158 valence electrons. The topological polar surface area (TPSA) is 34.2 Å². The quantitative estimate of drug-likeness (QED) is 0.542. The Morgan fingerprint density at radius 1 is 0.897 bits per heavy atom. The summed E-state index contributed by atoms with van der Waals surface area (Å²) >= 11 is 3.53. The third-order valence-corrected chi connectivity index (χ3v) is 6.07. The summed E-state index contributed by atoms with van der Waals surface area (Å²) in [6.45, 7) is 11.5. The molecule has 0 aliphatic carbocycles. The van der Waals surface area contributed by atoms with Gasteiger partial charge in [-0.2, -0.15) is 0 Å². The molecule has 1 atom stereocenters. The van der Waals surface area contributed by atoms with Crippen molar-refractivity contribution in [3.8, 4) is 17.2 Å². The summed E-state index contributed by atoms with van der Waals surface area (Å²) in [6, 6.07) is 12.9. The first-order valence-corrected chi connectivity index (χ1v) is 11.1. The Labute approximate surface area is 182 Å². The van der Waals surface area contributed by atoms with Gasteiger partial charge in [-0.15, -0.1) is 0 Å². The van der Waals surface area contributed by atoms with E-state index >= 15 is 0 Å². The second kappa shape index (κ2) is 10.2. The smallest absolute Gasteiger partial charge is 0.161 e. The van der Waals surface area contributed by atoms with E-state index in [-0.39, 0.29) is 0 Å². The van der Waals surface area contributed by atoms with Gasteiger partial charge in [0.25, 0.3) is 0 Å². The molecule has 0 bridgehead atoms. The SMILES string of the molecule is CCOc1ccc(C(C)N2CCN(c3ccc(Br)c(OC)c3)CC2)cc1OCC. The fourth-order valence-corrected chi connectivity index (χ4v) is 4.16. The molecule has 0 saturated carbocycles. The van der Waals surface area contributed by atoms with E-state index in [0.29, 0.717) is 19.3 Å². The van der Waals surface area contributed by atoms with Gasteiger partial charge in [0.15, 0.2) is 11.5 Å². The van der Waals surface area contributed by atoms with Gasteiger partial charge < -0.3 is 19.1 Å². The number of benzene rings is 2. The number of ether oxygens (including phenoxy) is 3. The van der Waals surface area contributed by atoms with Crippen LogP contribution in [0, 0.1) is 0 Å². The number of nitrogens with zero attached hydrogens (tertiary/aromatic N) is 2. The van der Waals surface area contributed by atoms with Crippen LogP contribution < -0.4 is 19.1 Å². The van der Waals surface area contributed by atoms with Crippen LogP contribution in [0.1, 0.15) is 32.4 Å². The standard InChI is InChI=1S/C23H31BrN2O3/c1-5-28-21-10-7-18(15-23(21)29-6-2)17(3)25-11-13-26(14-12-25)19-8-9-20(24)22(16-19)27-4/h7-10,15-17H,5-6,11-14H2,1-4H3. The van der Waals surface area contributed by atoms with Crippen LogP contribution in [0.2, 0.25) is 0 Å². The maximum Gasteiger partial charge on any atom is 0.161 e. The van der Waals surface area contributed by atoms with Crippen molar-refractivity contribution in [1.82, 2.24) is 4.90 Å². The van der Waals surface area contributed by atoms with Crippen molar-refractivity contribution >= 4 is 21.6 Å². The Bertz CT molecular complexity index is 807. The average molecular weight is 463 g/mol. The van der Waals surface area contributed by atoms with Crippen LogP contribution in [0.4, 0.5) is 5.69 Å². The van der Waals surface area contributed by atoms with E-state index in [1.54, 1.807) is 7.11 Å². The first-order valence-electron chi connectivity index (χ1n) is 10.3. The van der Waals surface area contributed by atoms with Gasteiger partial charge >= 0.3 is 0 Å². The van der Waals surface area contributed by atoms with Crippen LogP contribution >= 0.6 is 15.9 Å². The number of anilines is 1. The number of hydrogen-bond acceptors (Lipinski definition) is 5. The van der Waals surface area contributed by atoms with E-state index in [4.69, 9.17) is 14.2 Å². The third kappa shape index (κ3) is 5.17. The largest absolute Gasteiger partial charge is 0.495 e. The van der Waals surface area contributed by atoms with E-state index in [1.807, 2.05) is 19.9 Å². The van der Waals surface area contributed by atoms with Crippen LogP contribution in [-0.2, 0) is 0 Å². The van der Waals surface area contributed by atoms with Crippen LogP contribution in [0.25, 0.3) is 0 Å². The fraction of sp³-hybridized carbons (Fsp3) is 0.478. The monoisotopic (exact) mass is 462 g/mol. The summed E-state index contributed by atoms with van der Waals surface area (Å²) in [5.41, 5.74) is 2.47. The maximum atomic E-state index is 5.81. The molecule has 5 nitrogen and oxygen atoms in total. The lowest BCUT2D eigenvalue weighted by Gasteiger charge is -2.39. The Morgan fingerprint density at radius 3 is 2.24 bits per heavy atom. The first kappa shape index (κ1) is 21.8. The second-order valence-corrected chi connectivity index (χ2v) is 7.94. The molecule has 2 aromatic rings. The lowest BCUT2D eigenvalue weighted by atomic mass is 10.0. The summed E-state index contributed by atoms with van der Waals surface area (Å²) in [4.78, 5) is 4.94. The summed E-state index contributed by atoms with van der Waals surface area (Å²) in [7, 11) is 1.71. The summed E-state index contributed by atoms with van der Waals surface area (Å²) in [5.74, 6) is 2.52. The first-order chi connectivity index (χ1) is 14.1. The number of rotatable bonds is 8. The molecular weight excluding hydrogens is 432 g/mol. The highest BCUT2D eigenvalue weighted by molar-refractivity contribution is 9.10. The molecule has 0 aromatic heterocycles. The van der Waals surface area contributed by atoms with Gasteiger partial charge in [0, 0.05) is 44.0 Å². The summed E-state index contributed by atoms with van der Waals surface area (Å²) in [6.07, 6.45) is 0. The minimum Gasteiger partial charge on any atom is -0.495 e. The fourth-order valence-electron chi connectivity index (χ4n) is 3.75. The number of methoxy groups -OCH3 is 1. The maximum absolute atomic E-state index is 5.81. The molecular formula is C23H31BrN2O3. The van der Waals surface area contributed by atoms with Crippen molar-refractivity contribution in [2.45, 2.75) is 26.8 Å². The molecule has 1 fully saturated rings. The van der Waals surface area contributed by atoms with E-state index < -0.39 is 0 Å². The minimum absolute atomic E-state index is 0.325. The van der Waals surface area contributed by atoms with Crippen LogP contribution in [-0.4, -0.2) is 51.4 Å². The summed E-state index contributed by atoms with van der Waals surface area (Å²) in [5, 5.41) is 0. The Kier molecular flexibility index (Phi) is 7.67. The molecule has 1 heterocycles. The molecule has 1 aliphatic rings. The third-order valence-electron chi connectivity index (χ3n) is 5.41. The molecule has 3 rings (SSSR count). The highest BCUT2D eigenvalue weighted by Gasteiger charge is 2.23. The van der Waals surface area contributed by atoms with E-state index in [9.17, 15) is 0 Å². The predicted octanol–water partition coefficient (Wildman–Crippen LogP) is 5.14. The predicted molar refractivity (Wildman–Crippen MR) is 122 cm³/mol. The van der Waals surface area contributed by atoms with Gasteiger partial charge in [-0.1, -0.05) is 6.07 Å². The molecule has 29 heavy (non-hydrogen) atoms. The van der Waals surface area contributed by atoms with Crippen LogP contribution in [0.5, 0.6) is 17.2 Å².